The van der Waals surface area contributed by atoms with Gasteiger partial charge in [-0.05, 0) is 30.7 Å². The molecule has 0 aromatic rings. The maximum absolute atomic E-state index is 5.69. The van der Waals surface area contributed by atoms with Gasteiger partial charge in [-0.15, -0.1) is 12.4 Å². The van der Waals surface area contributed by atoms with Crippen molar-refractivity contribution in [1.82, 2.24) is 0 Å². The maximum Gasteiger partial charge on any atom is -0.00232 e. The molecule has 0 aliphatic heterocycles. The van der Waals surface area contributed by atoms with Crippen LogP contribution in [0.5, 0.6) is 0 Å². The molecule has 1 fully saturated rings. The zero-order valence-corrected chi connectivity index (χ0v) is 8.41. The first-order chi connectivity index (χ1) is 4.67. The van der Waals surface area contributed by atoms with Gasteiger partial charge in [-0.25, -0.2) is 0 Å². The Balaban J connectivity index is 0.000001000. The molecular formula is C9H20ClN. The number of rotatable bonds is 2. The highest BCUT2D eigenvalue weighted by atomic mass is 35.5. The van der Waals surface area contributed by atoms with Gasteiger partial charge in [0.2, 0.25) is 0 Å². The van der Waals surface area contributed by atoms with Crippen LogP contribution in [0.2, 0.25) is 0 Å². The molecule has 0 bridgehead atoms. The Labute approximate surface area is 76.1 Å². The normalized spacial score (nSPS) is 19.9. The number of nitrogens with two attached hydrogens (primary N) is 1. The fourth-order valence-electron chi connectivity index (χ4n) is 1.87. The second-order valence-electron chi connectivity index (χ2n) is 4.17. The summed E-state index contributed by atoms with van der Waals surface area (Å²) in [5.41, 5.74) is 6.09. The van der Waals surface area contributed by atoms with Crippen LogP contribution in [0.15, 0.2) is 0 Å². The van der Waals surface area contributed by atoms with Gasteiger partial charge in [-0.2, -0.15) is 0 Å². The lowest BCUT2D eigenvalue weighted by Crippen LogP contribution is -2.30. The molecule has 0 heterocycles. The Bertz CT molecular complexity index is 106. The summed E-state index contributed by atoms with van der Waals surface area (Å²) in [5, 5.41) is 0. The second-order valence-corrected chi connectivity index (χ2v) is 4.17. The molecule has 0 radical (unpaired) electrons. The van der Waals surface area contributed by atoms with Gasteiger partial charge in [0.05, 0.1) is 0 Å². The van der Waals surface area contributed by atoms with E-state index in [1.165, 1.54) is 25.7 Å². The van der Waals surface area contributed by atoms with Crippen molar-refractivity contribution in [2.75, 3.05) is 6.54 Å². The Morgan fingerprint density at radius 2 is 1.73 bits per heavy atom. The van der Waals surface area contributed by atoms with Gasteiger partial charge >= 0.3 is 0 Å². The zero-order chi connectivity index (χ0) is 7.61. The summed E-state index contributed by atoms with van der Waals surface area (Å²) in [4.78, 5) is 0. The van der Waals surface area contributed by atoms with Crippen LogP contribution < -0.4 is 5.73 Å². The summed E-state index contributed by atoms with van der Waals surface area (Å²) in [5.74, 6) is 0.900. The summed E-state index contributed by atoms with van der Waals surface area (Å²) in [6, 6.07) is 0. The van der Waals surface area contributed by atoms with Crippen molar-refractivity contribution in [3.8, 4) is 0 Å². The van der Waals surface area contributed by atoms with E-state index in [-0.39, 0.29) is 12.4 Å². The van der Waals surface area contributed by atoms with Crippen molar-refractivity contribution in [3.05, 3.63) is 0 Å². The molecular weight excluding hydrogens is 158 g/mol. The Morgan fingerprint density at radius 3 is 2.09 bits per heavy atom. The Hall–Kier alpha value is 0.250. The minimum Gasteiger partial charge on any atom is -0.330 e. The highest BCUT2D eigenvalue weighted by Gasteiger charge is 2.29. The quantitative estimate of drug-likeness (QED) is 0.690. The highest BCUT2D eigenvalue weighted by molar-refractivity contribution is 5.85. The molecule has 1 saturated carbocycles. The molecule has 1 rings (SSSR count). The first kappa shape index (κ1) is 11.2. The smallest absolute Gasteiger partial charge is 0.00232 e. The lowest BCUT2D eigenvalue weighted by Gasteiger charge is -2.29. The van der Waals surface area contributed by atoms with Crippen LogP contribution >= 0.6 is 12.4 Å². The number of halogens is 1. The van der Waals surface area contributed by atoms with E-state index in [1.54, 1.807) is 0 Å². The fourth-order valence-corrected chi connectivity index (χ4v) is 1.87. The van der Waals surface area contributed by atoms with Gasteiger partial charge in [0, 0.05) is 0 Å². The largest absolute Gasteiger partial charge is 0.330 e. The van der Waals surface area contributed by atoms with E-state index in [9.17, 15) is 0 Å². The Morgan fingerprint density at radius 1 is 1.27 bits per heavy atom. The van der Waals surface area contributed by atoms with E-state index < -0.39 is 0 Å². The molecule has 0 spiro atoms. The standard InChI is InChI=1S/C9H19N.ClH/c1-9(2,7-10)8-5-3-4-6-8;/h8H,3-7,10H2,1-2H3;1H. The second kappa shape index (κ2) is 4.32. The average molecular weight is 178 g/mol. The topological polar surface area (TPSA) is 26.0 Å². The summed E-state index contributed by atoms with van der Waals surface area (Å²) >= 11 is 0. The van der Waals surface area contributed by atoms with Crippen molar-refractivity contribution >= 4 is 12.4 Å². The molecule has 0 amide bonds. The monoisotopic (exact) mass is 177 g/mol. The maximum atomic E-state index is 5.69. The molecule has 0 aromatic heterocycles. The first-order valence-corrected chi connectivity index (χ1v) is 4.37. The minimum absolute atomic E-state index is 0. The van der Waals surface area contributed by atoms with Crippen molar-refractivity contribution in [2.45, 2.75) is 39.5 Å². The highest BCUT2D eigenvalue weighted by Crippen LogP contribution is 2.38. The van der Waals surface area contributed by atoms with Crippen molar-refractivity contribution < 1.29 is 0 Å². The zero-order valence-electron chi connectivity index (χ0n) is 7.60. The molecule has 1 nitrogen and oxygen atoms in total. The first-order valence-electron chi connectivity index (χ1n) is 4.37. The van der Waals surface area contributed by atoms with Crippen LogP contribution in [0.25, 0.3) is 0 Å². The predicted octanol–water partition coefficient (Wildman–Crippen LogP) is 2.58. The number of hydrogen-bond acceptors (Lipinski definition) is 1. The molecule has 0 unspecified atom stereocenters. The molecule has 2 heteroatoms. The van der Waals surface area contributed by atoms with E-state index in [2.05, 4.69) is 13.8 Å². The molecule has 1 aliphatic rings. The third kappa shape index (κ3) is 2.64. The van der Waals surface area contributed by atoms with Gasteiger partial charge in [0.1, 0.15) is 0 Å². The van der Waals surface area contributed by atoms with Crippen LogP contribution in [0, 0.1) is 11.3 Å². The van der Waals surface area contributed by atoms with E-state index in [0.29, 0.717) is 5.41 Å². The van der Waals surface area contributed by atoms with Gasteiger partial charge in [-0.1, -0.05) is 26.7 Å². The van der Waals surface area contributed by atoms with Crippen LogP contribution in [0.3, 0.4) is 0 Å². The van der Waals surface area contributed by atoms with Crippen LogP contribution in [0.4, 0.5) is 0 Å². The predicted molar refractivity (Wildman–Crippen MR) is 52.0 cm³/mol. The molecule has 1 aliphatic carbocycles. The molecule has 2 N–H and O–H groups in total. The van der Waals surface area contributed by atoms with Crippen LogP contribution in [-0.4, -0.2) is 6.54 Å². The summed E-state index contributed by atoms with van der Waals surface area (Å²) in [6.07, 6.45) is 5.66. The molecule has 0 aromatic carbocycles. The van der Waals surface area contributed by atoms with Gasteiger partial charge < -0.3 is 5.73 Å². The van der Waals surface area contributed by atoms with Crippen molar-refractivity contribution in [3.63, 3.8) is 0 Å². The van der Waals surface area contributed by atoms with Gasteiger partial charge in [0.25, 0.3) is 0 Å². The van der Waals surface area contributed by atoms with Crippen LogP contribution in [-0.2, 0) is 0 Å². The molecule has 0 atom stereocenters. The molecule has 0 saturated heterocycles. The lowest BCUT2D eigenvalue weighted by atomic mass is 9.78. The van der Waals surface area contributed by atoms with Crippen LogP contribution in [0.1, 0.15) is 39.5 Å². The third-order valence-corrected chi connectivity index (χ3v) is 2.99. The SMILES string of the molecule is CC(C)(CN)C1CCCC1.Cl. The third-order valence-electron chi connectivity index (χ3n) is 2.99. The molecule has 11 heavy (non-hydrogen) atoms. The van der Waals surface area contributed by atoms with Gasteiger partial charge in [-0.3, -0.25) is 0 Å². The van der Waals surface area contributed by atoms with E-state index >= 15 is 0 Å². The average Bonchev–Trinajstić information content (AvgIpc) is 2.38. The molecule has 68 valence electrons. The fraction of sp³-hybridized carbons (Fsp3) is 1.00. The van der Waals surface area contributed by atoms with Crippen molar-refractivity contribution in [2.24, 2.45) is 17.1 Å². The van der Waals surface area contributed by atoms with Gasteiger partial charge in [0.15, 0.2) is 0 Å². The summed E-state index contributed by atoms with van der Waals surface area (Å²) in [6.45, 7) is 5.43. The summed E-state index contributed by atoms with van der Waals surface area (Å²) < 4.78 is 0. The summed E-state index contributed by atoms with van der Waals surface area (Å²) in [7, 11) is 0. The van der Waals surface area contributed by atoms with E-state index in [4.69, 9.17) is 5.73 Å². The van der Waals surface area contributed by atoms with E-state index in [0.717, 1.165) is 12.5 Å². The minimum atomic E-state index is 0. The Kier molecular flexibility index (Phi) is 4.42. The number of hydrogen-bond donors (Lipinski definition) is 1. The lowest BCUT2D eigenvalue weighted by molar-refractivity contribution is 0.227. The van der Waals surface area contributed by atoms with Crippen molar-refractivity contribution in [1.29, 1.82) is 0 Å². The van der Waals surface area contributed by atoms with E-state index in [1.807, 2.05) is 0 Å².